The third kappa shape index (κ3) is 6.13. The van der Waals surface area contributed by atoms with Crippen LogP contribution in [0.3, 0.4) is 0 Å². The number of carbonyl (C=O) groups is 1. The van der Waals surface area contributed by atoms with Crippen LogP contribution in [0, 0.1) is 5.82 Å². The Bertz CT molecular complexity index is 1010. The Morgan fingerprint density at radius 1 is 1.00 bits per heavy atom. The van der Waals surface area contributed by atoms with Crippen LogP contribution < -0.4 is 9.47 Å². The number of hydrogen-bond acceptors (Lipinski definition) is 3. The molecule has 1 heterocycles. The lowest BCUT2D eigenvalue weighted by atomic mass is 10.1. The molecule has 5 nitrogen and oxygen atoms in total. The molecule has 0 aliphatic heterocycles. The molecule has 32 heavy (non-hydrogen) atoms. The normalized spacial score (nSPS) is 10.8. The van der Waals surface area contributed by atoms with Gasteiger partial charge in [-0.3, -0.25) is 4.79 Å². The van der Waals surface area contributed by atoms with Crippen LogP contribution in [0.5, 0.6) is 11.5 Å². The third-order valence-corrected chi connectivity index (χ3v) is 5.44. The molecule has 1 amide bonds. The van der Waals surface area contributed by atoms with Crippen LogP contribution in [0.15, 0.2) is 60.8 Å². The zero-order valence-electron chi connectivity index (χ0n) is 19.0. The van der Waals surface area contributed by atoms with E-state index in [0.717, 1.165) is 30.5 Å². The molecule has 0 spiro atoms. The van der Waals surface area contributed by atoms with Crippen molar-refractivity contribution in [1.82, 2.24) is 9.47 Å². The van der Waals surface area contributed by atoms with Crippen LogP contribution >= 0.6 is 0 Å². The Labute approximate surface area is 189 Å². The number of rotatable bonds is 11. The van der Waals surface area contributed by atoms with E-state index in [1.54, 1.807) is 38.5 Å². The molecule has 0 aliphatic carbocycles. The van der Waals surface area contributed by atoms with Gasteiger partial charge in [0.1, 0.15) is 17.3 Å². The summed E-state index contributed by atoms with van der Waals surface area (Å²) in [6.07, 6.45) is 5.01. The van der Waals surface area contributed by atoms with Crippen molar-refractivity contribution in [3.63, 3.8) is 0 Å². The molecule has 0 radical (unpaired) electrons. The van der Waals surface area contributed by atoms with E-state index in [-0.39, 0.29) is 11.7 Å². The van der Waals surface area contributed by atoms with Gasteiger partial charge in [-0.2, -0.15) is 0 Å². The van der Waals surface area contributed by atoms with Crippen LogP contribution in [0.4, 0.5) is 4.39 Å². The first-order chi connectivity index (χ1) is 15.5. The van der Waals surface area contributed by atoms with Crippen molar-refractivity contribution in [2.24, 2.45) is 0 Å². The highest BCUT2D eigenvalue weighted by molar-refractivity contribution is 5.95. The van der Waals surface area contributed by atoms with Gasteiger partial charge in [-0.05, 0) is 48.4 Å². The second-order valence-electron chi connectivity index (χ2n) is 7.79. The van der Waals surface area contributed by atoms with E-state index in [0.29, 0.717) is 36.7 Å². The summed E-state index contributed by atoms with van der Waals surface area (Å²) in [5.74, 6) is 0.836. The predicted molar refractivity (Wildman–Crippen MR) is 124 cm³/mol. The molecule has 170 valence electrons. The number of unbranched alkanes of at least 4 members (excludes halogenated alkanes) is 2. The highest BCUT2D eigenvalue weighted by Crippen LogP contribution is 2.24. The van der Waals surface area contributed by atoms with Gasteiger partial charge < -0.3 is 18.9 Å². The lowest BCUT2D eigenvalue weighted by Crippen LogP contribution is -2.32. The van der Waals surface area contributed by atoms with Crippen LogP contribution in [0.2, 0.25) is 0 Å². The predicted octanol–water partition coefficient (Wildman–Crippen LogP) is 5.53. The van der Waals surface area contributed by atoms with Crippen molar-refractivity contribution in [3.05, 3.63) is 83.4 Å². The number of halogens is 1. The minimum absolute atomic E-state index is 0.0724. The molecule has 0 saturated carbocycles. The monoisotopic (exact) mass is 438 g/mol. The van der Waals surface area contributed by atoms with E-state index in [9.17, 15) is 9.18 Å². The summed E-state index contributed by atoms with van der Waals surface area (Å²) >= 11 is 0. The smallest absolute Gasteiger partial charge is 0.254 e. The Morgan fingerprint density at radius 3 is 2.41 bits per heavy atom. The Morgan fingerprint density at radius 2 is 1.75 bits per heavy atom. The van der Waals surface area contributed by atoms with Crippen molar-refractivity contribution in [1.29, 1.82) is 0 Å². The quantitative estimate of drug-likeness (QED) is 0.370. The first-order valence-electron chi connectivity index (χ1n) is 10.9. The largest absolute Gasteiger partial charge is 0.497 e. The molecule has 6 heteroatoms. The summed E-state index contributed by atoms with van der Waals surface area (Å²) in [6, 6.07) is 15.8. The van der Waals surface area contributed by atoms with Gasteiger partial charge in [0.25, 0.3) is 5.91 Å². The van der Waals surface area contributed by atoms with E-state index in [2.05, 4.69) is 11.5 Å². The zero-order chi connectivity index (χ0) is 22.9. The first-order valence-corrected chi connectivity index (χ1v) is 10.9. The number of methoxy groups -OCH3 is 2. The van der Waals surface area contributed by atoms with E-state index >= 15 is 0 Å². The van der Waals surface area contributed by atoms with Crippen LogP contribution in [-0.2, 0) is 13.1 Å². The molecule has 0 aliphatic rings. The molecule has 0 fully saturated rings. The number of hydrogen-bond donors (Lipinski definition) is 0. The number of benzene rings is 2. The second-order valence-corrected chi connectivity index (χ2v) is 7.79. The molecule has 3 aromatic rings. The maximum Gasteiger partial charge on any atom is 0.254 e. The lowest BCUT2D eigenvalue weighted by molar-refractivity contribution is 0.0735. The highest BCUT2D eigenvalue weighted by atomic mass is 19.1. The van der Waals surface area contributed by atoms with Gasteiger partial charge in [-0.25, -0.2) is 4.39 Å². The number of amides is 1. The van der Waals surface area contributed by atoms with Gasteiger partial charge >= 0.3 is 0 Å². The lowest BCUT2D eigenvalue weighted by Gasteiger charge is -2.24. The van der Waals surface area contributed by atoms with Crippen molar-refractivity contribution in [2.45, 2.75) is 39.3 Å². The Balaban J connectivity index is 1.84. The summed E-state index contributed by atoms with van der Waals surface area (Å²) in [5.41, 5.74) is 2.40. The van der Waals surface area contributed by atoms with E-state index in [1.165, 1.54) is 12.1 Å². The minimum Gasteiger partial charge on any atom is -0.497 e. The van der Waals surface area contributed by atoms with E-state index < -0.39 is 0 Å². The van der Waals surface area contributed by atoms with E-state index in [4.69, 9.17) is 9.47 Å². The molecule has 1 aromatic heterocycles. The maximum atomic E-state index is 13.6. The van der Waals surface area contributed by atoms with Crippen LogP contribution in [-0.4, -0.2) is 36.1 Å². The Kier molecular flexibility index (Phi) is 8.31. The fourth-order valence-corrected chi connectivity index (χ4v) is 3.69. The summed E-state index contributed by atoms with van der Waals surface area (Å²) in [5, 5.41) is 0. The topological polar surface area (TPSA) is 43.7 Å². The average molecular weight is 439 g/mol. The number of nitrogens with zero attached hydrogens (tertiary/aromatic N) is 2. The molecule has 0 unspecified atom stereocenters. The fourth-order valence-electron chi connectivity index (χ4n) is 3.69. The minimum atomic E-state index is -0.250. The number of carbonyl (C=O) groups excluding carboxylic acids is 1. The van der Waals surface area contributed by atoms with Gasteiger partial charge in [0.15, 0.2) is 0 Å². The van der Waals surface area contributed by atoms with Crippen LogP contribution in [0.1, 0.15) is 47.8 Å². The molecule has 3 rings (SSSR count). The molecular weight excluding hydrogens is 407 g/mol. The number of ether oxygens (including phenoxy) is 2. The summed E-state index contributed by atoms with van der Waals surface area (Å²) in [4.78, 5) is 15.3. The SMILES string of the molecule is CCCCCN(Cc1cccn1Cc1cccc(F)c1)C(=O)c1cc(OC)cc(OC)c1. The fraction of sp³-hybridized carbons (Fsp3) is 0.346. The van der Waals surface area contributed by atoms with Crippen molar-refractivity contribution in [3.8, 4) is 11.5 Å². The van der Waals surface area contributed by atoms with Crippen molar-refractivity contribution < 1.29 is 18.7 Å². The summed E-state index contributed by atoms with van der Waals surface area (Å²) < 4.78 is 26.4. The summed E-state index contributed by atoms with van der Waals surface area (Å²) in [7, 11) is 3.14. The zero-order valence-corrected chi connectivity index (χ0v) is 19.0. The highest BCUT2D eigenvalue weighted by Gasteiger charge is 2.19. The van der Waals surface area contributed by atoms with Crippen molar-refractivity contribution in [2.75, 3.05) is 20.8 Å². The first kappa shape index (κ1) is 23.4. The molecule has 0 atom stereocenters. The summed E-state index contributed by atoms with van der Waals surface area (Å²) in [6.45, 7) is 3.80. The van der Waals surface area contributed by atoms with Gasteiger partial charge in [0.2, 0.25) is 0 Å². The molecule has 0 saturated heterocycles. The van der Waals surface area contributed by atoms with Gasteiger partial charge in [-0.15, -0.1) is 0 Å². The third-order valence-electron chi connectivity index (χ3n) is 5.44. The maximum absolute atomic E-state index is 13.6. The average Bonchev–Trinajstić information content (AvgIpc) is 3.24. The second kappa shape index (κ2) is 11.4. The van der Waals surface area contributed by atoms with Crippen molar-refractivity contribution >= 4 is 5.91 Å². The molecule has 2 aromatic carbocycles. The standard InChI is InChI=1S/C26H31FN2O3/c1-4-5-6-12-29(26(30)21-15-24(31-2)17-25(16-21)32-3)19-23-11-8-13-28(23)18-20-9-7-10-22(27)14-20/h7-11,13-17H,4-6,12,18-19H2,1-3H3. The van der Waals surface area contributed by atoms with Crippen LogP contribution in [0.25, 0.3) is 0 Å². The van der Waals surface area contributed by atoms with Gasteiger partial charge in [0.05, 0.1) is 20.8 Å². The Hall–Kier alpha value is -3.28. The molecule has 0 N–H and O–H groups in total. The van der Waals surface area contributed by atoms with Gasteiger partial charge in [0, 0.05) is 36.6 Å². The molecule has 0 bridgehead atoms. The van der Waals surface area contributed by atoms with E-state index in [1.807, 2.05) is 29.3 Å². The number of aromatic nitrogens is 1. The molecular formula is C26H31FN2O3. The van der Waals surface area contributed by atoms with Gasteiger partial charge in [-0.1, -0.05) is 31.9 Å².